The predicted molar refractivity (Wildman–Crippen MR) is 92.0 cm³/mol. The first kappa shape index (κ1) is 17.5. The van der Waals surface area contributed by atoms with Gasteiger partial charge in [-0.15, -0.1) is 0 Å². The summed E-state index contributed by atoms with van der Waals surface area (Å²) in [6, 6.07) is 0. The summed E-state index contributed by atoms with van der Waals surface area (Å²) in [5.74, 6) is -2.48. The van der Waals surface area contributed by atoms with Crippen LogP contribution in [0.2, 0.25) is 0 Å². The highest BCUT2D eigenvalue weighted by Crippen LogP contribution is 2.38. The molecule has 0 radical (unpaired) electrons. The highest BCUT2D eigenvalue weighted by Gasteiger charge is 2.35. The van der Waals surface area contributed by atoms with E-state index in [1.165, 1.54) is 13.1 Å². The van der Waals surface area contributed by atoms with Crippen LogP contribution in [0.4, 0.5) is 8.78 Å². The van der Waals surface area contributed by atoms with E-state index >= 15 is 0 Å². The summed E-state index contributed by atoms with van der Waals surface area (Å²) in [6.45, 7) is 3.10. The standard InChI is InChI=1S/C18H22F2N4O/c1-10(21)15(11(2)25)14-9-23-17-16(24-14)13(8-22-17)7-12-3-5-18(19,20)6-4-12/h8-9,12H,3-7,21H2,1-2H3,(H,22,23). The van der Waals surface area contributed by atoms with Gasteiger partial charge in [0, 0.05) is 24.7 Å². The molecule has 0 amide bonds. The van der Waals surface area contributed by atoms with Gasteiger partial charge in [-0.3, -0.25) is 4.79 Å². The number of alkyl halides is 2. The van der Waals surface area contributed by atoms with Crippen molar-refractivity contribution in [1.82, 2.24) is 15.0 Å². The number of H-pyrrole nitrogens is 1. The van der Waals surface area contributed by atoms with Crippen molar-refractivity contribution >= 4 is 22.5 Å². The number of nitrogens with zero attached hydrogens (tertiary/aromatic N) is 2. The van der Waals surface area contributed by atoms with Gasteiger partial charge in [0.15, 0.2) is 11.4 Å². The first-order valence-electron chi connectivity index (χ1n) is 8.45. The van der Waals surface area contributed by atoms with E-state index in [4.69, 9.17) is 5.73 Å². The van der Waals surface area contributed by atoms with E-state index in [-0.39, 0.29) is 24.5 Å². The van der Waals surface area contributed by atoms with E-state index < -0.39 is 5.92 Å². The number of nitrogens with two attached hydrogens (primary N) is 1. The summed E-state index contributed by atoms with van der Waals surface area (Å²) in [7, 11) is 0. The number of fused-ring (bicyclic) bond motifs is 1. The number of rotatable bonds is 4. The average molecular weight is 348 g/mol. The van der Waals surface area contributed by atoms with E-state index in [0.29, 0.717) is 47.4 Å². The highest BCUT2D eigenvalue weighted by molar-refractivity contribution is 6.19. The molecule has 2 heterocycles. The molecule has 1 saturated carbocycles. The fraction of sp³-hybridized carbons (Fsp3) is 0.500. The second-order valence-corrected chi connectivity index (χ2v) is 6.88. The Bertz CT molecular complexity index is 827. The lowest BCUT2D eigenvalue weighted by Crippen LogP contribution is -2.25. The molecule has 2 aromatic rings. The normalized spacial score (nSPS) is 19.0. The van der Waals surface area contributed by atoms with Crippen molar-refractivity contribution in [2.24, 2.45) is 11.7 Å². The molecule has 1 fully saturated rings. The third kappa shape index (κ3) is 3.70. The van der Waals surface area contributed by atoms with Gasteiger partial charge in [0.2, 0.25) is 5.92 Å². The molecule has 0 spiro atoms. The van der Waals surface area contributed by atoms with Crippen LogP contribution >= 0.6 is 0 Å². The van der Waals surface area contributed by atoms with Crippen molar-refractivity contribution in [1.29, 1.82) is 0 Å². The van der Waals surface area contributed by atoms with Gasteiger partial charge < -0.3 is 10.7 Å². The van der Waals surface area contributed by atoms with Gasteiger partial charge >= 0.3 is 0 Å². The Morgan fingerprint density at radius 1 is 1.36 bits per heavy atom. The van der Waals surface area contributed by atoms with Crippen molar-refractivity contribution in [3.63, 3.8) is 0 Å². The van der Waals surface area contributed by atoms with Gasteiger partial charge in [-0.2, -0.15) is 0 Å². The van der Waals surface area contributed by atoms with E-state index in [1.54, 1.807) is 6.92 Å². The quantitative estimate of drug-likeness (QED) is 0.827. The Kier molecular flexibility index (Phi) is 4.58. The molecule has 5 nitrogen and oxygen atoms in total. The number of hydrogen-bond acceptors (Lipinski definition) is 4. The Morgan fingerprint density at radius 2 is 2.04 bits per heavy atom. The summed E-state index contributed by atoms with van der Waals surface area (Å²) in [4.78, 5) is 23.8. The maximum absolute atomic E-state index is 13.3. The Morgan fingerprint density at radius 3 is 2.64 bits per heavy atom. The Labute approximate surface area is 144 Å². The van der Waals surface area contributed by atoms with Crippen molar-refractivity contribution in [3.8, 4) is 0 Å². The topological polar surface area (TPSA) is 84.7 Å². The molecule has 1 aliphatic carbocycles. The molecule has 0 saturated heterocycles. The minimum absolute atomic E-state index is 0.0550. The van der Waals surface area contributed by atoms with E-state index in [1.807, 2.05) is 6.20 Å². The maximum atomic E-state index is 13.3. The van der Waals surface area contributed by atoms with Crippen molar-refractivity contribution in [2.75, 3.05) is 0 Å². The minimum Gasteiger partial charge on any atom is -0.402 e. The largest absolute Gasteiger partial charge is 0.402 e. The Balaban J connectivity index is 1.89. The number of ketones is 1. The smallest absolute Gasteiger partial charge is 0.248 e. The molecule has 0 atom stereocenters. The van der Waals surface area contributed by atoms with Crippen LogP contribution in [0.1, 0.15) is 50.8 Å². The molecular formula is C18H22F2N4O. The van der Waals surface area contributed by atoms with Crippen molar-refractivity contribution in [3.05, 3.63) is 29.3 Å². The van der Waals surface area contributed by atoms with E-state index in [2.05, 4.69) is 15.0 Å². The molecule has 25 heavy (non-hydrogen) atoms. The fourth-order valence-corrected chi connectivity index (χ4v) is 3.49. The molecule has 134 valence electrons. The van der Waals surface area contributed by atoms with Gasteiger partial charge in [-0.25, -0.2) is 18.7 Å². The van der Waals surface area contributed by atoms with Gasteiger partial charge in [0.05, 0.1) is 17.5 Å². The van der Waals surface area contributed by atoms with Crippen LogP contribution in [0.3, 0.4) is 0 Å². The van der Waals surface area contributed by atoms with Gasteiger partial charge in [-0.05, 0) is 44.6 Å². The molecular weight excluding hydrogens is 326 g/mol. The Hall–Kier alpha value is -2.31. The molecule has 3 N–H and O–H groups in total. The number of allylic oxidation sites excluding steroid dienone is 2. The average Bonchev–Trinajstić information content (AvgIpc) is 2.91. The van der Waals surface area contributed by atoms with Gasteiger partial charge in [-0.1, -0.05) is 0 Å². The number of carbonyl (C=O) groups is 1. The zero-order chi connectivity index (χ0) is 18.2. The number of carbonyl (C=O) groups excluding carboxylic acids is 1. The zero-order valence-electron chi connectivity index (χ0n) is 14.4. The summed E-state index contributed by atoms with van der Waals surface area (Å²) in [5, 5.41) is 0. The highest BCUT2D eigenvalue weighted by atomic mass is 19.3. The first-order valence-corrected chi connectivity index (χ1v) is 8.45. The van der Waals surface area contributed by atoms with Crippen LogP contribution in [0.25, 0.3) is 16.7 Å². The minimum atomic E-state index is -2.52. The summed E-state index contributed by atoms with van der Waals surface area (Å²) in [5.41, 5.74) is 9.25. The molecule has 1 aliphatic rings. The lowest BCUT2D eigenvalue weighted by molar-refractivity contribution is -0.111. The SMILES string of the molecule is CC(=O)C(=C(C)N)c1cnc2[nH]cc(CC3CCC(F)(F)CC3)c2n1. The van der Waals surface area contributed by atoms with Crippen LogP contribution in [0, 0.1) is 5.92 Å². The number of hydrogen-bond donors (Lipinski definition) is 2. The number of aromatic amines is 1. The number of Topliss-reactive ketones (excluding diaryl/α,β-unsaturated/α-hetero) is 1. The van der Waals surface area contributed by atoms with Crippen molar-refractivity contribution < 1.29 is 13.6 Å². The van der Waals surface area contributed by atoms with Crippen LogP contribution in [0.15, 0.2) is 18.1 Å². The third-order valence-electron chi connectivity index (χ3n) is 4.81. The van der Waals surface area contributed by atoms with Crippen LogP contribution in [0.5, 0.6) is 0 Å². The van der Waals surface area contributed by atoms with Crippen molar-refractivity contribution in [2.45, 2.75) is 51.9 Å². The number of nitrogens with one attached hydrogen (secondary N) is 1. The monoisotopic (exact) mass is 348 g/mol. The summed E-state index contributed by atoms with van der Waals surface area (Å²) < 4.78 is 26.7. The van der Waals surface area contributed by atoms with Gasteiger partial charge in [0.1, 0.15) is 5.52 Å². The van der Waals surface area contributed by atoms with Crippen LogP contribution in [-0.2, 0) is 11.2 Å². The second-order valence-electron chi connectivity index (χ2n) is 6.88. The molecule has 7 heteroatoms. The molecule has 2 aromatic heterocycles. The molecule has 0 aromatic carbocycles. The third-order valence-corrected chi connectivity index (χ3v) is 4.81. The predicted octanol–water partition coefficient (Wildman–Crippen LogP) is 3.60. The molecule has 0 unspecified atom stereocenters. The lowest BCUT2D eigenvalue weighted by Gasteiger charge is -2.27. The summed E-state index contributed by atoms with van der Waals surface area (Å²) >= 11 is 0. The number of halogens is 2. The zero-order valence-corrected chi connectivity index (χ0v) is 14.4. The van der Waals surface area contributed by atoms with E-state index in [0.717, 1.165) is 5.56 Å². The molecule has 3 rings (SSSR count). The van der Waals surface area contributed by atoms with Gasteiger partial charge in [0.25, 0.3) is 0 Å². The maximum Gasteiger partial charge on any atom is 0.248 e. The van der Waals surface area contributed by atoms with Crippen LogP contribution < -0.4 is 5.73 Å². The van der Waals surface area contributed by atoms with E-state index in [9.17, 15) is 13.6 Å². The summed E-state index contributed by atoms with van der Waals surface area (Å²) in [6.07, 6.45) is 4.93. The second kappa shape index (κ2) is 6.54. The number of aromatic nitrogens is 3. The van der Waals surface area contributed by atoms with Crippen LogP contribution in [-0.4, -0.2) is 26.7 Å². The fourth-order valence-electron chi connectivity index (χ4n) is 3.49. The molecule has 0 aliphatic heterocycles. The first-order chi connectivity index (χ1) is 11.8. The molecule has 0 bridgehead atoms. The lowest BCUT2D eigenvalue weighted by atomic mass is 9.83.